The first-order valence-electron chi connectivity index (χ1n) is 18.3. The van der Waals surface area contributed by atoms with E-state index in [9.17, 15) is 0 Å². The molecule has 0 aromatic carbocycles. The lowest BCUT2D eigenvalue weighted by atomic mass is 10.0. The van der Waals surface area contributed by atoms with Crippen LogP contribution in [-0.4, -0.2) is 112 Å². The number of hydrogen-bond donors (Lipinski definition) is 0. The fourth-order valence-electron chi connectivity index (χ4n) is 4.58. The lowest BCUT2D eigenvalue weighted by Gasteiger charge is -2.08. The molecule has 0 unspecified atom stereocenters. The van der Waals surface area contributed by atoms with Crippen molar-refractivity contribution < 1.29 is 42.6 Å². The molecule has 0 aromatic heterocycles. The maximum atomic E-state index is 5.68. The molecule has 0 N–H and O–H groups in total. The number of rotatable bonds is 42. The first kappa shape index (κ1) is 44.2. The van der Waals surface area contributed by atoms with Crippen LogP contribution in [0, 0.1) is 0 Å². The van der Waals surface area contributed by atoms with Gasteiger partial charge >= 0.3 is 0 Å². The molecule has 0 bridgehead atoms. The molecule has 0 saturated heterocycles. The van der Waals surface area contributed by atoms with Crippen molar-refractivity contribution in [2.24, 2.45) is 0 Å². The Morgan fingerprint density at radius 1 is 0.289 bits per heavy atom. The fourth-order valence-corrected chi connectivity index (χ4v) is 4.58. The number of hydrogen-bond acceptors (Lipinski definition) is 9. The first-order chi connectivity index (χ1) is 22.4. The Morgan fingerprint density at radius 2 is 0.511 bits per heavy atom. The molecule has 9 heteroatoms. The van der Waals surface area contributed by atoms with E-state index < -0.39 is 0 Å². The van der Waals surface area contributed by atoms with Gasteiger partial charge < -0.3 is 42.6 Å². The van der Waals surface area contributed by atoms with Crippen molar-refractivity contribution in [1.82, 2.24) is 0 Å². The van der Waals surface area contributed by atoms with Crippen LogP contribution in [0.4, 0.5) is 0 Å². The fraction of sp³-hybridized carbons (Fsp3) is 0.944. The minimum atomic E-state index is 0.511. The third kappa shape index (κ3) is 43.2. The lowest BCUT2D eigenvalue weighted by molar-refractivity contribution is -0.0239. The molecule has 0 spiro atoms. The van der Waals surface area contributed by atoms with Crippen LogP contribution >= 0.6 is 0 Å². The van der Waals surface area contributed by atoms with Gasteiger partial charge in [-0.2, -0.15) is 0 Å². The van der Waals surface area contributed by atoms with Crippen molar-refractivity contribution >= 4 is 0 Å². The molecule has 9 nitrogen and oxygen atoms in total. The second kappa shape index (κ2) is 43.2. The van der Waals surface area contributed by atoms with Crippen molar-refractivity contribution in [2.45, 2.75) is 110 Å². The van der Waals surface area contributed by atoms with E-state index >= 15 is 0 Å². The Balaban J connectivity index is 3.03. The SMILES string of the molecule is C=COCCOCCOCCOCCOCCOCCOCCOCCOCCCCCCCCCCCCCCCCCC. The Labute approximate surface area is 277 Å². The minimum Gasteiger partial charge on any atom is -0.499 e. The molecule has 0 rings (SSSR count). The lowest BCUT2D eigenvalue weighted by Crippen LogP contribution is -2.15. The molecule has 0 aliphatic carbocycles. The van der Waals surface area contributed by atoms with Gasteiger partial charge in [-0.1, -0.05) is 110 Å². The molecule has 270 valence electrons. The zero-order valence-electron chi connectivity index (χ0n) is 29.3. The predicted octanol–water partition coefficient (Wildman–Crippen LogP) is 7.54. The quantitative estimate of drug-likeness (QED) is 0.0492. The Morgan fingerprint density at radius 3 is 0.778 bits per heavy atom. The monoisotopic (exact) mass is 649 g/mol. The summed E-state index contributed by atoms with van der Waals surface area (Å²) >= 11 is 0. The van der Waals surface area contributed by atoms with Gasteiger partial charge in [0.2, 0.25) is 0 Å². The molecule has 0 radical (unpaired) electrons. The standard InChI is InChI=1S/C36H72O9/c1-3-5-6-7-8-9-10-11-12-13-14-15-16-17-18-19-20-38-23-24-40-27-28-42-31-32-44-35-36-45-34-33-43-30-29-41-26-25-39-22-21-37-4-2/h4H,2-3,5-36H2,1H3. The van der Waals surface area contributed by atoms with E-state index in [1.807, 2.05) is 0 Å². The van der Waals surface area contributed by atoms with Crippen LogP contribution in [0.3, 0.4) is 0 Å². The van der Waals surface area contributed by atoms with Crippen LogP contribution in [0.15, 0.2) is 12.8 Å². The summed E-state index contributed by atoms with van der Waals surface area (Å²) in [6.07, 6.45) is 23.6. The van der Waals surface area contributed by atoms with Gasteiger partial charge in [-0.3, -0.25) is 0 Å². The van der Waals surface area contributed by atoms with E-state index in [2.05, 4.69) is 13.5 Å². The van der Waals surface area contributed by atoms with Gasteiger partial charge in [0.15, 0.2) is 0 Å². The van der Waals surface area contributed by atoms with E-state index in [1.54, 1.807) is 0 Å². The summed E-state index contributed by atoms with van der Waals surface area (Å²) in [6.45, 7) is 15.5. The Kier molecular flexibility index (Phi) is 42.5. The third-order valence-corrected chi connectivity index (χ3v) is 7.21. The maximum absolute atomic E-state index is 5.68. The first-order valence-corrected chi connectivity index (χ1v) is 18.3. The summed E-state index contributed by atoms with van der Waals surface area (Å²) < 4.78 is 48.9. The molecular weight excluding hydrogens is 576 g/mol. The summed E-state index contributed by atoms with van der Waals surface area (Å²) in [6, 6.07) is 0. The smallest absolute Gasteiger partial charge is 0.111 e. The molecule has 0 aliphatic rings. The molecule has 0 heterocycles. The highest BCUT2D eigenvalue weighted by Crippen LogP contribution is 2.13. The van der Waals surface area contributed by atoms with Gasteiger partial charge in [0.25, 0.3) is 0 Å². The molecular formula is C36H72O9. The average Bonchev–Trinajstić information content (AvgIpc) is 3.05. The van der Waals surface area contributed by atoms with Crippen LogP contribution in [0.25, 0.3) is 0 Å². The van der Waals surface area contributed by atoms with Crippen molar-refractivity contribution in [3.8, 4) is 0 Å². The summed E-state index contributed by atoms with van der Waals surface area (Å²) in [4.78, 5) is 0. The van der Waals surface area contributed by atoms with Crippen molar-refractivity contribution in [1.29, 1.82) is 0 Å². The van der Waals surface area contributed by atoms with E-state index in [1.165, 1.54) is 103 Å². The average molecular weight is 649 g/mol. The van der Waals surface area contributed by atoms with E-state index in [0.717, 1.165) is 13.0 Å². The molecule has 0 amide bonds. The van der Waals surface area contributed by atoms with Gasteiger partial charge in [0.1, 0.15) is 6.61 Å². The van der Waals surface area contributed by atoms with Crippen molar-refractivity contribution in [3.05, 3.63) is 12.8 Å². The third-order valence-electron chi connectivity index (χ3n) is 7.21. The number of unbranched alkanes of at least 4 members (excludes halogenated alkanes) is 15. The van der Waals surface area contributed by atoms with Crippen molar-refractivity contribution in [3.63, 3.8) is 0 Å². The van der Waals surface area contributed by atoms with E-state index in [-0.39, 0.29) is 0 Å². The van der Waals surface area contributed by atoms with Crippen LogP contribution in [-0.2, 0) is 42.6 Å². The zero-order chi connectivity index (χ0) is 32.4. The molecule has 0 fully saturated rings. The van der Waals surface area contributed by atoms with Crippen molar-refractivity contribution in [2.75, 3.05) is 112 Å². The number of ether oxygens (including phenoxy) is 9. The summed E-state index contributed by atoms with van der Waals surface area (Å²) in [5.41, 5.74) is 0. The van der Waals surface area contributed by atoms with Crippen LogP contribution < -0.4 is 0 Å². The Hall–Kier alpha value is -0.780. The summed E-state index contributed by atoms with van der Waals surface area (Å²) in [5, 5.41) is 0. The maximum Gasteiger partial charge on any atom is 0.111 e. The highest BCUT2D eigenvalue weighted by atomic mass is 16.6. The highest BCUT2D eigenvalue weighted by Gasteiger charge is 1.97. The van der Waals surface area contributed by atoms with E-state index in [0.29, 0.717) is 106 Å². The van der Waals surface area contributed by atoms with Gasteiger partial charge in [0.05, 0.1) is 105 Å². The zero-order valence-corrected chi connectivity index (χ0v) is 29.3. The minimum absolute atomic E-state index is 0.511. The van der Waals surface area contributed by atoms with Gasteiger partial charge in [0, 0.05) is 6.61 Å². The van der Waals surface area contributed by atoms with Gasteiger partial charge in [-0.15, -0.1) is 0 Å². The van der Waals surface area contributed by atoms with Crippen LogP contribution in [0.1, 0.15) is 110 Å². The largest absolute Gasteiger partial charge is 0.499 e. The summed E-state index contributed by atoms with van der Waals surface area (Å²) in [5.74, 6) is 0. The Bertz CT molecular complexity index is 525. The second-order valence-corrected chi connectivity index (χ2v) is 11.2. The molecule has 0 saturated carbocycles. The van der Waals surface area contributed by atoms with E-state index in [4.69, 9.17) is 42.6 Å². The predicted molar refractivity (Wildman–Crippen MR) is 182 cm³/mol. The topological polar surface area (TPSA) is 83.1 Å². The molecule has 0 atom stereocenters. The summed E-state index contributed by atoms with van der Waals surface area (Å²) in [7, 11) is 0. The molecule has 0 aliphatic heterocycles. The highest BCUT2D eigenvalue weighted by molar-refractivity contribution is 4.50. The molecule has 0 aromatic rings. The van der Waals surface area contributed by atoms with Gasteiger partial charge in [-0.05, 0) is 6.42 Å². The van der Waals surface area contributed by atoms with Crippen LogP contribution in [0.2, 0.25) is 0 Å². The second-order valence-electron chi connectivity index (χ2n) is 11.2. The van der Waals surface area contributed by atoms with Gasteiger partial charge in [-0.25, -0.2) is 0 Å². The molecule has 45 heavy (non-hydrogen) atoms. The van der Waals surface area contributed by atoms with Crippen LogP contribution in [0.5, 0.6) is 0 Å². The normalized spacial score (nSPS) is 11.4.